The maximum absolute atomic E-state index is 13.2. The van der Waals surface area contributed by atoms with E-state index >= 15 is 0 Å². The molecule has 1 saturated heterocycles. The largest absolute Gasteiger partial charge is 0.493 e. The Morgan fingerprint density at radius 2 is 1.79 bits per heavy atom. The third-order valence-corrected chi connectivity index (χ3v) is 6.28. The van der Waals surface area contributed by atoms with Crippen LogP contribution in [-0.4, -0.2) is 29.1 Å². The predicted octanol–water partition coefficient (Wildman–Crippen LogP) is 6.60. The van der Waals surface area contributed by atoms with Crippen molar-refractivity contribution in [1.29, 1.82) is 0 Å². The second-order valence-corrected chi connectivity index (χ2v) is 9.31. The summed E-state index contributed by atoms with van der Waals surface area (Å²) in [6.45, 7) is 6.50. The molecule has 1 amide bonds. The highest BCUT2D eigenvalue weighted by Crippen LogP contribution is 2.37. The van der Waals surface area contributed by atoms with Gasteiger partial charge in [-0.15, -0.1) is 0 Å². The number of amidine groups is 1. The summed E-state index contributed by atoms with van der Waals surface area (Å²) in [4.78, 5) is 20.2. The maximum atomic E-state index is 13.2. The number of hydrogen-bond donors (Lipinski definition) is 0. The Morgan fingerprint density at radius 1 is 1.00 bits per heavy atom. The Kier molecular flexibility index (Phi) is 7.38. The smallest absolute Gasteiger partial charge is 0.266 e. The van der Waals surface area contributed by atoms with Crippen molar-refractivity contribution >= 4 is 34.6 Å². The van der Waals surface area contributed by atoms with Gasteiger partial charge < -0.3 is 9.47 Å². The standard InChI is InChI=1S/C28H28N2O3S/c1-19(2)30-27(31)26(34-28(30)29-23-11-6-5-7-12-23)17-21-13-14-24(25(16-21)32-4)33-18-22-10-8-9-20(3)15-22/h5-17,19H,18H2,1-4H3/b26-17+,29-28?. The van der Waals surface area contributed by atoms with E-state index in [0.29, 0.717) is 28.2 Å². The first-order valence-corrected chi connectivity index (χ1v) is 12.0. The Bertz CT molecular complexity index is 1240. The average molecular weight is 473 g/mol. The van der Waals surface area contributed by atoms with E-state index in [1.165, 1.54) is 17.3 Å². The number of aryl methyl sites for hydroxylation is 1. The minimum absolute atomic E-state index is 0.000276. The second kappa shape index (κ2) is 10.6. The molecule has 6 heteroatoms. The van der Waals surface area contributed by atoms with Gasteiger partial charge in [0.15, 0.2) is 16.7 Å². The number of methoxy groups -OCH3 is 1. The lowest BCUT2D eigenvalue weighted by molar-refractivity contribution is -0.123. The van der Waals surface area contributed by atoms with Gasteiger partial charge in [0, 0.05) is 6.04 Å². The third-order valence-electron chi connectivity index (χ3n) is 5.30. The zero-order chi connectivity index (χ0) is 24.1. The van der Waals surface area contributed by atoms with Crippen LogP contribution in [0.3, 0.4) is 0 Å². The Labute approximate surface area is 205 Å². The molecule has 34 heavy (non-hydrogen) atoms. The number of benzene rings is 3. The van der Waals surface area contributed by atoms with E-state index in [9.17, 15) is 4.79 Å². The van der Waals surface area contributed by atoms with E-state index in [0.717, 1.165) is 16.8 Å². The first-order chi connectivity index (χ1) is 16.4. The van der Waals surface area contributed by atoms with Crippen molar-refractivity contribution in [1.82, 2.24) is 4.90 Å². The van der Waals surface area contributed by atoms with Crippen LogP contribution in [0.15, 0.2) is 82.7 Å². The van der Waals surface area contributed by atoms with Crippen LogP contribution in [0, 0.1) is 6.92 Å². The highest BCUT2D eigenvalue weighted by molar-refractivity contribution is 8.18. The molecule has 3 aromatic carbocycles. The molecular formula is C28H28N2O3S. The summed E-state index contributed by atoms with van der Waals surface area (Å²) in [5.74, 6) is 1.23. The summed E-state index contributed by atoms with van der Waals surface area (Å²) in [5, 5.41) is 0.683. The van der Waals surface area contributed by atoms with Gasteiger partial charge in [-0.05, 0) is 74.0 Å². The van der Waals surface area contributed by atoms with Gasteiger partial charge in [-0.2, -0.15) is 0 Å². The minimum atomic E-state index is -0.0478. The van der Waals surface area contributed by atoms with Crippen LogP contribution in [-0.2, 0) is 11.4 Å². The van der Waals surface area contributed by atoms with E-state index in [2.05, 4.69) is 19.1 Å². The van der Waals surface area contributed by atoms with Crippen molar-refractivity contribution < 1.29 is 14.3 Å². The molecule has 0 spiro atoms. The topological polar surface area (TPSA) is 51.1 Å². The number of para-hydroxylation sites is 1. The van der Waals surface area contributed by atoms with Gasteiger partial charge in [0.25, 0.3) is 5.91 Å². The third kappa shape index (κ3) is 5.51. The van der Waals surface area contributed by atoms with Gasteiger partial charge in [-0.3, -0.25) is 9.69 Å². The zero-order valence-electron chi connectivity index (χ0n) is 19.8. The van der Waals surface area contributed by atoms with Crippen LogP contribution < -0.4 is 9.47 Å². The molecule has 0 aromatic heterocycles. The molecule has 0 unspecified atom stereocenters. The molecule has 1 fully saturated rings. The molecule has 0 atom stereocenters. The number of ether oxygens (including phenoxy) is 2. The fraction of sp³-hybridized carbons (Fsp3) is 0.214. The number of rotatable bonds is 7. The number of carbonyl (C=O) groups excluding carboxylic acids is 1. The highest BCUT2D eigenvalue weighted by atomic mass is 32.2. The molecule has 0 radical (unpaired) electrons. The molecule has 0 saturated carbocycles. The van der Waals surface area contributed by atoms with Crippen molar-refractivity contribution in [3.05, 3.63) is 94.4 Å². The summed E-state index contributed by atoms with van der Waals surface area (Å²) in [6.07, 6.45) is 1.88. The summed E-state index contributed by atoms with van der Waals surface area (Å²) >= 11 is 1.39. The fourth-order valence-corrected chi connectivity index (χ4v) is 4.76. The Morgan fingerprint density at radius 3 is 2.50 bits per heavy atom. The number of amides is 1. The highest BCUT2D eigenvalue weighted by Gasteiger charge is 2.35. The monoisotopic (exact) mass is 472 g/mol. The second-order valence-electron chi connectivity index (χ2n) is 8.30. The molecule has 4 rings (SSSR count). The zero-order valence-corrected chi connectivity index (χ0v) is 20.6. The number of thioether (sulfide) groups is 1. The van der Waals surface area contributed by atoms with Crippen LogP contribution in [0.2, 0.25) is 0 Å². The number of carbonyl (C=O) groups is 1. The molecule has 1 aliphatic rings. The minimum Gasteiger partial charge on any atom is -0.493 e. The Hall–Kier alpha value is -3.51. The van der Waals surface area contributed by atoms with Gasteiger partial charge in [-0.1, -0.05) is 54.1 Å². The van der Waals surface area contributed by atoms with Crippen LogP contribution in [0.5, 0.6) is 11.5 Å². The predicted molar refractivity (Wildman–Crippen MR) is 140 cm³/mol. The van der Waals surface area contributed by atoms with E-state index in [4.69, 9.17) is 14.5 Å². The molecule has 0 bridgehead atoms. The lowest BCUT2D eigenvalue weighted by Gasteiger charge is -2.19. The fourth-order valence-electron chi connectivity index (χ4n) is 3.64. The van der Waals surface area contributed by atoms with Crippen LogP contribution in [0.1, 0.15) is 30.5 Å². The van der Waals surface area contributed by atoms with Gasteiger partial charge in [0.1, 0.15) is 6.61 Å². The van der Waals surface area contributed by atoms with Crippen molar-refractivity contribution in [2.75, 3.05) is 7.11 Å². The molecule has 3 aromatic rings. The molecular weight excluding hydrogens is 444 g/mol. The van der Waals surface area contributed by atoms with E-state index < -0.39 is 0 Å². The van der Waals surface area contributed by atoms with Crippen LogP contribution in [0.25, 0.3) is 6.08 Å². The molecule has 0 aliphatic carbocycles. The lowest BCUT2D eigenvalue weighted by atomic mass is 10.1. The normalized spacial score (nSPS) is 16.0. The Balaban J connectivity index is 1.56. The molecule has 1 aliphatic heterocycles. The lowest BCUT2D eigenvalue weighted by Crippen LogP contribution is -2.35. The summed E-state index contributed by atoms with van der Waals surface area (Å²) in [6, 6.07) is 23.6. The van der Waals surface area contributed by atoms with Crippen molar-refractivity contribution in [2.45, 2.75) is 33.4 Å². The van der Waals surface area contributed by atoms with Gasteiger partial charge >= 0.3 is 0 Å². The van der Waals surface area contributed by atoms with Crippen molar-refractivity contribution in [3.8, 4) is 11.5 Å². The molecule has 174 valence electrons. The van der Waals surface area contributed by atoms with Gasteiger partial charge in [0.05, 0.1) is 17.7 Å². The summed E-state index contributed by atoms with van der Waals surface area (Å²) in [7, 11) is 1.62. The van der Waals surface area contributed by atoms with E-state index in [-0.39, 0.29) is 11.9 Å². The van der Waals surface area contributed by atoms with E-state index in [1.807, 2.05) is 80.6 Å². The quantitative estimate of drug-likeness (QED) is 0.364. The number of hydrogen-bond acceptors (Lipinski definition) is 5. The van der Waals surface area contributed by atoms with Crippen molar-refractivity contribution in [3.63, 3.8) is 0 Å². The summed E-state index contributed by atoms with van der Waals surface area (Å²) in [5.41, 5.74) is 3.97. The maximum Gasteiger partial charge on any atom is 0.266 e. The first-order valence-electron chi connectivity index (χ1n) is 11.2. The van der Waals surface area contributed by atoms with Crippen LogP contribution in [0.4, 0.5) is 5.69 Å². The van der Waals surface area contributed by atoms with Crippen molar-refractivity contribution in [2.24, 2.45) is 4.99 Å². The SMILES string of the molecule is COc1cc(/C=C2/SC(=Nc3ccccc3)N(C(C)C)C2=O)ccc1OCc1cccc(C)c1. The average Bonchev–Trinajstić information content (AvgIpc) is 3.13. The number of aliphatic imine (C=N–C) groups is 1. The molecule has 5 nitrogen and oxygen atoms in total. The summed E-state index contributed by atoms with van der Waals surface area (Å²) < 4.78 is 11.6. The molecule has 0 N–H and O–H groups in total. The number of nitrogens with zero attached hydrogens (tertiary/aromatic N) is 2. The first kappa shape index (κ1) is 23.6. The van der Waals surface area contributed by atoms with Gasteiger partial charge in [-0.25, -0.2) is 4.99 Å². The molecule has 1 heterocycles. The van der Waals surface area contributed by atoms with E-state index in [1.54, 1.807) is 12.0 Å². The van der Waals surface area contributed by atoms with Gasteiger partial charge in [0.2, 0.25) is 0 Å². The van der Waals surface area contributed by atoms with Crippen LogP contribution >= 0.6 is 11.8 Å².